The number of carbonyl (C=O) groups excluding carboxylic acids is 2. The van der Waals surface area contributed by atoms with Gasteiger partial charge in [0.25, 0.3) is 11.6 Å². The first-order valence-electron chi connectivity index (χ1n) is 10.1. The first-order chi connectivity index (χ1) is 15.8. The predicted molar refractivity (Wildman–Crippen MR) is 122 cm³/mol. The molecule has 1 N–H and O–H groups in total. The zero-order valence-corrected chi connectivity index (χ0v) is 18.4. The molecule has 0 atom stereocenters. The number of hydrogen-bond acceptors (Lipinski definition) is 7. The van der Waals surface area contributed by atoms with Gasteiger partial charge in [-0.1, -0.05) is 17.7 Å². The zero-order valence-electron chi connectivity index (χ0n) is 17.6. The molecule has 0 radical (unpaired) electrons. The molecule has 0 saturated carbocycles. The molecule has 1 saturated heterocycles. The minimum absolute atomic E-state index is 0.0255. The number of halogens is 1. The molecular weight excluding hydrogens is 450 g/mol. The highest BCUT2D eigenvalue weighted by Gasteiger charge is 2.26. The molecular formula is C21H20ClN7O4. The summed E-state index contributed by atoms with van der Waals surface area (Å²) in [7, 11) is 0. The Morgan fingerprint density at radius 2 is 1.91 bits per heavy atom. The number of nitro groups is 1. The largest absolute Gasteiger partial charge is 0.362 e. The molecule has 33 heavy (non-hydrogen) atoms. The molecule has 11 nitrogen and oxygen atoms in total. The van der Waals surface area contributed by atoms with Crippen molar-refractivity contribution < 1.29 is 14.5 Å². The summed E-state index contributed by atoms with van der Waals surface area (Å²) in [6, 6.07) is 9.32. The van der Waals surface area contributed by atoms with Crippen LogP contribution >= 0.6 is 11.6 Å². The lowest BCUT2D eigenvalue weighted by Gasteiger charge is -2.35. The van der Waals surface area contributed by atoms with Crippen molar-refractivity contribution in [2.75, 3.05) is 36.4 Å². The van der Waals surface area contributed by atoms with E-state index in [1.54, 1.807) is 29.2 Å². The van der Waals surface area contributed by atoms with Gasteiger partial charge in [0.05, 0.1) is 15.6 Å². The molecule has 0 bridgehead atoms. The van der Waals surface area contributed by atoms with E-state index in [0.29, 0.717) is 48.3 Å². The highest BCUT2D eigenvalue weighted by atomic mass is 35.5. The number of nitro benzene ring substituents is 1. The summed E-state index contributed by atoms with van der Waals surface area (Å²) >= 11 is 6.29. The highest BCUT2D eigenvalue weighted by molar-refractivity contribution is 6.33. The van der Waals surface area contributed by atoms with Crippen LogP contribution in [0.4, 0.5) is 17.1 Å². The maximum Gasteiger partial charge on any atom is 0.293 e. The van der Waals surface area contributed by atoms with E-state index in [0.717, 1.165) is 0 Å². The lowest BCUT2D eigenvalue weighted by atomic mass is 10.1. The van der Waals surface area contributed by atoms with Crippen molar-refractivity contribution in [2.45, 2.75) is 6.92 Å². The summed E-state index contributed by atoms with van der Waals surface area (Å²) in [4.78, 5) is 43.2. The fraction of sp³-hybridized carbons (Fsp3) is 0.238. The standard InChI is InChI=1S/C21H20ClN7O4/c1-14(30)26-7-9-27(10-8-26)18-6-5-15(11-19(18)29(32)33)21(31)25-17-4-2-3-16(22)20(17)28-13-23-12-24-28/h2-6,11-13H,7-10H2,1H3,(H,25,31). The number of piperazine rings is 1. The number of rotatable bonds is 5. The van der Waals surface area contributed by atoms with E-state index in [2.05, 4.69) is 15.4 Å². The lowest BCUT2D eigenvalue weighted by Crippen LogP contribution is -2.48. The second-order valence-corrected chi connectivity index (χ2v) is 7.79. The van der Waals surface area contributed by atoms with Gasteiger partial charge in [-0.2, -0.15) is 5.10 Å². The number of para-hydroxylation sites is 1. The first-order valence-corrected chi connectivity index (χ1v) is 10.5. The Kier molecular flexibility index (Phi) is 6.22. The second kappa shape index (κ2) is 9.25. The Hall–Kier alpha value is -3.99. The summed E-state index contributed by atoms with van der Waals surface area (Å²) in [5.41, 5.74) is 1.16. The number of nitrogens with zero attached hydrogens (tertiary/aromatic N) is 6. The normalized spacial score (nSPS) is 13.6. The molecule has 1 aromatic heterocycles. The van der Waals surface area contributed by atoms with E-state index in [-0.39, 0.29) is 17.2 Å². The van der Waals surface area contributed by atoms with Crippen LogP contribution in [-0.4, -0.2) is 62.6 Å². The molecule has 2 aromatic carbocycles. The number of anilines is 2. The van der Waals surface area contributed by atoms with E-state index >= 15 is 0 Å². The van der Waals surface area contributed by atoms with Gasteiger partial charge in [0.2, 0.25) is 5.91 Å². The quantitative estimate of drug-likeness (QED) is 0.449. The Bertz CT molecular complexity index is 1210. The van der Waals surface area contributed by atoms with Crippen molar-refractivity contribution in [1.29, 1.82) is 0 Å². The third-order valence-electron chi connectivity index (χ3n) is 5.38. The second-order valence-electron chi connectivity index (χ2n) is 7.38. The third kappa shape index (κ3) is 4.62. The Balaban J connectivity index is 1.59. The van der Waals surface area contributed by atoms with E-state index in [4.69, 9.17) is 11.6 Å². The van der Waals surface area contributed by atoms with Crippen molar-refractivity contribution in [3.8, 4) is 5.69 Å². The monoisotopic (exact) mass is 469 g/mol. The average Bonchev–Trinajstić information content (AvgIpc) is 3.33. The summed E-state index contributed by atoms with van der Waals surface area (Å²) in [6.07, 6.45) is 2.79. The summed E-state index contributed by atoms with van der Waals surface area (Å²) in [6.45, 7) is 3.40. The van der Waals surface area contributed by atoms with Crippen LogP contribution in [0.5, 0.6) is 0 Å². The number of carbonyl (C=O) groups is 2. The van der Waals surface area contributed by atoms with Crippen LogP contribution in [0.15, 0.2) is 49.1 Å². The minimum atomic E-state index is -0.533. The molecule has 2 heterocycles. The molecule has 3 aromatic rings. The van der Waals surface area contributed by atoms with Crippen LogP contribution in [0.1, 0.15) is 17.3 Å². The van der Waals surface area contributed by atoms with Gasteiger partial charge in [0.1, 0.15) is 24.0 Å². The summed E-state index contributed by atoms with van der Waals surface area (Å²) in [5, 5.41) is 18.9. The van der Waals surface area contributed by atoms with Gasteiger partial charge in [0, 0.05) is 44.7 Å². The third-order valence-corrected chi connectivity index (χ3v) is 5.69. The van der Waals surface area contributed by atoms with Gasteiger partial charge in [0.15, 0.2) is 0 Å². The maximum absolute atomic E-state index is 12.9. The Labute approximate surface area is 193 Å². The average molecular weight is 470 g/mol. The first kappa shape index (κ1) is 22.2. The van der Waals surface area contributed by atoms with Crippen LogP contribution in [-0.2, 0) is 4.79 Å². The molecule has 170 valence electrons. The molecule has 0 unspecified atom stereocenters. The number of aromatic nitrogens is 3. The van der Waals surface area contributed by atoms with Crippen LogP contribution < -0.4 is 10.2 Å². The SMILES string of the molecule is CC(=O)N1CCN(c2ccc(C(=O)Nc3cccc(Cl)c3-n3cncn3)cc2[N+](=O)[O-])CC1. The molecule has 1 fully saturated rings. The van der Waals surface area contributed by atoms with Crippen LogP contribution in [0, 0.1) is 10.1 Å². The van der Waals surface area contributed by atoms with Gasteiger partial charge in [-0.3, -0.25) is 19.7 Å². The number of amides is 2. The van der Waals surface area contributed by atoms with Crippen LogP contribution in [0.3, 0.4) is 0 Å². The topological polar surface area (TPSA) is 126 Å². The molecule has 2 amide bonds. The predicted octanol–water partition coefficient (Wildman–Crippen LogP) is 2.75. The zero-order chi connectivity index (χ0) is 23.5. The van der Waals surface area contributed by atoms with Gasteiger partial charge >= 0.3 is 0 Å². The van der Waals surface area contributed by atoms with Crippen LogP contribution in [0.2, 0.25) is 5.02 Å². The lowest BCUT2D eigenvalue weighted by molar-refractivity contribution is -0.384. The van der Waals surface area contributed by atoms with Gasteiger partial charge in [-0.15, -0.1) is 0 Å². The smallest absolute Gasteiger partial charge is 0.293 e. The fourth-order valence-corrected chi connectivity index (χ4v) is 3.97. The van der Waals surface area contributed by atoms with E-state index in [1.807, 2.05) is 4.90 Å². The Morgan fingerprint density at radius 3 is 2.55 bits per heavy atom. The summed E-state index contributed by atoms with van der Waals surface area (Å²) in [5.74, 6) is -0.558. The van der Waals surface area contributed by atoms with Crippen LogP contribution in [0.25, 0.3) is 5.69 Å². The fourth-order valence-electron chi connectivity index (χ4n) is 3.71. The van der Waals surface area contributed by atoms with E-state index in [1.165, 1.54) is 36.4 Å². The number of benzene rings is 2. The van der Waals surface area contributed by atoms with Crippen molar-refractivity contribution in [2.24, 2.45) is 0 Å². The Morgan fingerprint density at radius 1 is 1.15 bits per heavy atom. The van der Waals surface area contributed by atoms with Crippen molar-refractivity contribution in [1.82, 2.24) is 19.7 Å². The molecule has 1 aliphatic rings. The highest BCUT2D eigenvalue weighted by Crippen LogP contribution is 2.32. The molecule has 12 heteroatoms. The molecule has 0 aliphatic carbocycles. The molecule has 1 aliphatic heterocycles. The van der Waals surface area contributed by atoms with Crippen molar-refractivity contribution >= 4 is 40.5 Å². The maximum atomic E-state index is 12.9. The molecule has 0 spiro atoms. The summed E-state index contributed by atoms with van der Waals surface area (Å²) < 4.78 is 1.42. The van der Waals surface area contributed by atoms with E-state index < -0.39 is 10.8 Å². The molecule has 4 rings (SSSR count). The van der Waals surface area contributed by atoms with Crippen molar-refractivity contribution in [3.05, 3.63) is 69.8 Å². The minimum Gasteiger partial charge on any atom is -0.362 e. The van der Waals surface area contributed by atoms with E-state index in [9.17, 15) is 19.7 Å². The van der Waals surface area contributed by atoms with Gasteiger partial charge in [-0.05, 0) is 24.3 Å². The number of hydrogen-bond donors (Lipinski definition) is 1. The van der Waals surface area contributed by atoms with Gasteiger partial charge < -0.3 is 15.1 Å². The van der Waals surface area contributed by atoms with Crippen molar-refractivity contribution in [3.63, 3.8) is 0 Å². The number of nitrogens with one attached hydrogen (secondary N) is 1. The van der Waals surface area contributed by atoms with Gasteiger partial charge in [-0.25, -0.2) is 9.67 Å².